The molecule has 2 aromatic carbocycles. The second-order valence-electron chi connectivity index (χ2n) is 11.0. The summed E-state index contributed by atoms with van der Waals surface area (Å²) in [4.78, 5) is 60.8. The van der Waals surface area contributed by atoms with E-state index in [9.17, 15) is 19.2 Å². The highest BCUT2D eigenvalue weighted by Crippen LogP contribution is 2.34. The maximum absolute atomic E-state index is 14.2. The molecule has 12 heteroatoms. The van der Waals surface area contributed by atoms with Crippen LogP contribution >= 0.6 is 24.2 Å². The van der Waals surface area contributed by atoms with Gasteiger partial charge in [0.2, 0.25) is 23.9 Å². The number of carbonyl (C=O) groups excluding carboxylic acids is 4. The van der Waals surface area contributed by atoms with Gasteiger partial charge in [0, 0.05) is 29.0 Å². The van der Waals surface area contributed by atoms with Crippen LogP contribution in [0.4, 0.5) is 5.69 Å². The van der Waals surface area contributed by atoms with Gasteiger partial charge in [-0.05, 0) is 43.9 Å². The van der Waals surface area contributed by atoms with Crippen LogP contribution in [-0.2, 0) is 19.2 Å². The van der Waals surface area contributed by atoms with Crippen molar-refractivity contribution in [3.05, 3.63) is 64.7 Å². The largest absolute Gasteiger partial charge is 0.368 e. The van der Waals surface area contributed by atoms with Gasteiger partial charge in [-0.15, -0.1) is 0 Å². The summed E-state index contributed by atoms with van der Waals surface area (Å²) in [5, 5.41) is 3.24. The first kappa shape index (κ1) is 31.5. The molecule has 1 fully saturated rings. The van der Waals surface area contributed by atoms with Gasteiger partial charge in [-0.3, -0.25) is 24.1 Å². The number of thiol groups is 1. The lowest BCUT2D eigenvalue weighted by molar-refractivity contribution is -0.138. The van der Waals surface area contributed by atoms with Crippen LogP contribution in [0.5, 0.6) is 0 Å². The zero-order valence-corrected chi connectivity index (χ0v) is 25.4. The molecule has 0 spiro atoms. The van der Waals surface area contributed by atoms with Crippen molar-refractivity contribution in [2.45, 2.75) is 56.8 Å². The first-order valence-corrected chi connectivity index (χ1v) is 15.0. The van der Waals surface area contributed by atoms with E-state index < -0.39 is 47.9 Å². The van der Waals surface area contributed by atoms with E-state index in [4.69, 9.17) is 28.1 Å². The van der Waals surface area contributed by atoms with Gasteiger partial charge in [0.25, 0.3) is 5.91 Å². The van der Waals surface area contributed by atoms with Crippen LogP contribution in [0.3, 0.4) is 0 Å². The average Bonchev–Trinajstić information content (AvgIpc) is 3.10. The third-order valence-electron chi connectivity index (χ3n) is 8.15. The van der Waals surface area contributed by atoms with Gasteiger partial charge in [0.15, 0.2) is 0 Å². The minimum absolute atomic E-state index is 0.0637. The highest BCUT2D eigenvalue weighted by molar-refractivity contribution is 7.80. The van der Waals surface area contributed by atoms with Gasteiger partial charge < -0.3 is 21.7 Å². The van der Waals surface area contributed by atoms with E-state index in [0.717, 1.165) is 32.1 Å². The molecule has 1 saturated carbocycles. The standard InChI is InChI=1S/C30H37ClN6O4S/c1-30(29(33)41,19-11-7-4-8-12-19)35-24(38)16-37-23-14-13-20(31)15-21(23)25(18-9-5-3-6-10-18)34-26(28(37)40)36(2)27(39)22(32)17-42/h3,5-6,9-10,13-15,19,22,26,42H,4,7-8,11-12,16-17,32H2,1-2H3,(H2,33,41)(H,35,38)/t22?,26?,30-/m1/s1. The summed E-state index contributed by atoms with van der Waals surface area (Å²) in [6, 6.07) is 13.1. The quantitative estimate of drug-likeness (QED) is 0.321. The highest BCUT2D eigenvalue weighted by Gasteiger charge is 2.43. The molecular formula is C30H37ClN6O4S. The fourth-order valence-electron chi connectivity index (χ4n) is 5.66. The summed E-state index contributed by atoms with van der Waals surface area (Å²) in [7, 11) is 1.44. The molecule has 0 bridgehead atoms. The molecule has 2 aliphatic rings. The van der Waals surface area contributed by atoms with E-state index in [1.165, 1.54) is 16.8 Å². The van der Waals surface area contributed by atoms with E-state index in [1.807, 2.05) is 30.3 Å². The molecule has 42 heavy (non-hydrogen) atoms. The Morgan fingerprint density at radius 2 is 1.83 bits per heavy atom. The van der Waals surface area contributed by atoms with Gasteiger partial charge in [-0.2, -0.15) is 12.6 Å². The third-order valence-corrected chi connectivity index (χ3v) is 8.78. The lowest BCUT2D eigenvalue weighted by Gasteiger charge is -2.38. The third kappa shape index (κ3) is 6.48. The van der Waals surface area contributed by atoms with E-state index >= 15 is 0 Å². The maximum atomic E-state index is 14.2. The predicted octanol–water partition coefficient (Wildman–Crippen LogP) is 2.51. The van der Waals surface area contributed by atoms with Gasteiger partial charge >= 0.3 is 0 Å². The molecule has 1 heterocycles. The van der Waals surface area contributed by atoms with Crippen LogP contribution < -0.4 is 21.7 Å². The van der Waals surface area contributed by atoms with Crippen molar-refractivity contribution in [3.8, 4) is 0 Å². The van der Waals surface area contributed by atoms with E-state index in [0.29, 0.717) is 27.5 Å². The van der Waals surface area contributed by atoms with Crippen molar-refractivity contribution in [2.24, 2.45) is 22.4 Å². The molecule has 5 N–H and O–H groups in total. The van der Waals surface area contributed by atoms with Crippen molar-refractivity contribution in [1.29, 1.82) is 0 Å². The van der Waals surface area contributed by atoms with Crippen molar-refractivity contribution in [2.75, 3.05) is 24.2 Å². The number of fused-ring (bicyclic) bond motifs is 1. The second-order valence-corrected chi connectivity index (χ2v) is 11.8. The topological polar surface area (TPSA) is 151 Å². The predicted molar refractivity (Wildman–Crippen MR) is 167 cm³/mol. The molecule has 4 amide bonds. The molecule has 0 saturated heterocycles. The minimum Gasteiger partial charge on any atom is -0.368 e. The van der Waals surface area contributed by atoms with Gasteiger partial charge in [-0.25, -0.2) is 4.99 Å². The Hall–Kier alpha value is -3.41. The maximum Gasteiger partial charge on any atom is 0.272 e. The van der Waals surface area contributed by atoms with Crippen LogP contribution in [0.2, 0.25) is 5.02 Å². The second kappa shape index (κ2) is 13.3. The number of benzodiazepines with no additional fused rings is 1. The smallest absolute Gasteiger partial charge is 0.272 e. The number of primary amides is 1. The summed E-state index contributed by atoms with van der Waals surface area (Å²) < 4.78 is 0. The molecule has 1 aliphatic carbocycles. The Morgan fingerprint density at radius 1 is 1.17 bits per heavy atom. The molecular weight excluding hydrogens is 576 g/mol. The number of likely N-dealkylation sites (N-methyl/N-ethyl adjacent to an activating group) is 1. The van der Waals surface area contributed by atoms with Crippen molar-refractivity contribution in [1.82, 2.24) is 10.2 Å². The zero-order valence-electron chi connectivity index (χ0n) is 23.8. The summed E-state index contributed by atoms with van der Waals surface area (Å²) in [5.74, 6) is -2.42. The van der Waals surface area contributed by atoms with Crippen LogP contribution in [0.15, 0.2) is 53.5 Å². The Morgan fingerprint density at radius 3 is 2.45 bits per heavy atom. The Balaban J connectivity index is 1.78. The first-order valence-electron chi connectivity index (χ1n) is 14.0. The Labute approximate surface area is 256 Å². The number of anilines is 1. The Bertz CT molecular complexity index is 1380. The summed E-state index contributed by atoms with van der Waals surface area (Å²) in [6.45, 7) is 1.20. The number of aliphatic imine (C=N–C) groups is 1. The number of nitrogens with one attached hydrogen (secondary N) is 1. The van der Waals surface area contributed by atoms with Crippen LogP contribution in [0, 0.1) is 5.92 Å². The molecule has 10 nitrogen and oxygen atoms in total. The zero-order chi connectivity index (χ0) is 30.6. The highest BCUT2D eigenvalue weighted by atomic mass is 35.5. The fourth-order valence-corrected chi connectivity index (χ4v) is 5.99. The molecule has 4 rings (SSSR count). The monoisotopic (exact) mass is 612 g/mol. The molecule has 2 unspecified atom stereocenters. The van der Waals surface area contributed by atoms with Crippen molar-refractivity contribution >= 4 is 59.3 Å². The van der Waals surface area contributed by atoms with Crippen molar-refractivity contribution in [3.63, 3.8) is 0 Å². The lowest BCUT2D eigenvalue weighted by Crippen LogP contribution is -2.62. The number of rotatable bonds is 9. The van der Waals surface area contributed by atoms with Gasteiger partial charge in [0.1, 0.15) is 12.1 Å². The molecule has 3 atom stereocenters. The number of nitrogens with zero attached hydrogens (tertiary/aromatic N) is 3. The molecule has 0 radical (unpaired) electrons. The van der Waals surface area contributed by atoms with E-state index in [1.54, 1.807) is 25.1 Å². The first-order chi connectivity index (χ1) is 20.0. The number of halogens is 1. The van der Waals surface area contributed by atoms with Crippen LogP contribution in [0.25, 0.3) is 0 Å². The van der Waals surface area contributed by atoms with Crippen LogP contribution in [0.1, 0.15) is 50.2 Å². The fraction of sp³-hybridized carbons (Fsp3) is 0.433. The van der Waals surface area contributed by atoms with E-state index in [2.05, 4.69) is 17.9 Å². The van der Waals surface area contributed by atoms with Crippen LogP contribution in [-0.4, -0.2) is 71.3 Å². The SMILES string of the molecule is CN(C(=O)C(N)CS)C1N=C(c2ccccc2)c2cc(Cl)ccc2N(CC(=O)N[C@@](C)(C(N)=O)C2CCCCC2)C1=O. The summed E-state index contributed by atoms with van der Waals surface area (Å²) in [6.07, 6.45) is 3.13. The summed E-state index contributed by atoms with van der Waals surface area (Å²) in [5.41, 5.74) is 12.5. The number of amides is 4. The normalized spacial score (nSPS) is 19.5. The minimum atomic E-state index is -1.35. The van der Waals surface area contributed by atoms with Crippen molar-refractivity contribution < 1.29 is 19.2 Å². The molecule has 1 aliphatic heterocycles. The number of benzene rings is 2. The van der Waals surface area contributed by atoms with Gasteiger partial charge in [-0.1, -0.05) is 61.2 Å². The average molecular weight is 613 g/mol. The molecule has 0 aromatic heterocycles. The number of nitrogens with two attached hydrogens (primary N) is 2. The molecule has 2 aromatic rings. The molecule has 224 valence electrons. The summed E-state index contributed by atoms with van der Waals surface area (Å²) >= 11 is 10.5. The lowest BCUT2D eigenvalue weighted by atomic mass is 9.75. The number of hydrogen-bond acceptors (Lipinski definition) is 7. The Kier molecular flexibility index (Phi) is 9.96. The number of carbonyl (C=O) groups is 4. The number of hydrogen-bond donors (Lipinski definition) is 4. The van der Waals surface area contributed by atoms with Gasteiger partial charge in [0.05, 0.1) is 17.4 Å². The van der Waals surface area contributed by atoms with E-state index in [-0.39, 0.29) is 11.7 Å².